The monoisotopic (exact) mass is 433 g/mol. The molecule has 5 nitrogen and oxygen atoms in total. The number of halogens is 1. The van der Waals surface area contributed by atoms with Crippen LogP contribution in [0.25, 0.3) is 22.0 Å². The molecular weight excluding hydrogens is 410 g/mol. The minimum atomic E-state index is -0.210. The zero-order valence-corrected chi connectivity index (χ0v) is 18.3. The third-order valence-corrected chi connectivity index (χ3v) is 5.74. The molecule has 0 aliphatic heterocycles. The van der Waals surface area contributed by atoms with Gasteiger partial charge in [-0.1, -0.05) is 66.2 Å². The smallest absolute Gasteiger partial charge is 0.329 e. The summed E-state index contributed by atoms with van der Waals surface area (Å²) in [7, 11) is 0. The molecule has 4 aromatic rings. The van der Waals surface area contributed by atoms with Crippen molar-refractivity contribution in [2.45, 2.75) is 33.0 Å². The highest BCUT2D eigenvalue weighted by molar-refractivity contribution is 6.30. The van der Waals surface area contributed by atoms with Crippen molar-refractivity contribution >= 4 is 28.3 Å². The lowest BCUT2D eigenvalue weighted by Crippen LogP contribution is -2.34. The van der Waals surface area contributed by atoms with Crippen molar-refractivity contribution in [3.63, 3.8) is 0 Å². The fraction of sp³-hybridized carbons (Fsp3) is 0.200. The van der Waals surface area contributed by atoms with E-state index in [1.165, 1.54) is 4.57 Å². The molecule has 3 aromatic carbocycles. The van der Waals surface area contributed by atoms with Gasteiger partial charge < -0.3 is 5.32 Å². The molecule has 0 aliphatic rings. The van der Waals surface area contributed by atoms with Crippen LogP contribution in [0.15, 0.2) is 77.7 Å². The average molecular weight is 434 g/mol. The maximum Gasteiger partial charge on any atom is 0.329 e. The molecule has 0 aliphatic carbocycles. The molecule has 6 heteroatoms. The Kier molecular flexibility index (Phi) is 5.96. The number of nitrogens with zero attached hydrogens (tertiary/aromatic N) is 2. The third kappa shape index (κ3) is 4.28. The van der Waals surface area contributed by atoms with Gasteiger partial charge in [0.15, 0.2) is 0 Å². The number of imidazole rings is 1. The van der Waals surface area contributed by atoms with Gasteiger partial charge in [0.25, 0.3) is 0 Å². The third-order valence-electron chi connectivity index (χ3n) is 5.48. The van der Waals surface area contributed by atoms with E-state index in [0.29, 0.717) is 11.6 Å². The van der Waals surface area contributed by atoms with Gasteiger partial charge in [0.05, 0.1) is 11.7 Å². The van der Waals surface area contributed by atoms with Crippen molar-refractivity contribution in [3.8, 4) is 11.3 Å². The van der Waals surface area contributed by atoms with Gasteiger partial charge in [-0.3, -0.25) is 13.9 Å². The molecule has 1 N–H and O–H groups in total. The molecule has 31 heavy (non-hydrogen) atoms. The SMILES string of the molecule is CCn1c(-c2ccc(Cl)cc2)cn(CC(=O)N[C@@H](C)c2cccc3ccccc23)c1=O. The zero-order chi connectivity index (χ0) is 22.0. The highest BCUT2D eigenvalue weighted by Crippen LogP contribution is 2.24. The fourth-order valence-corrected chi connectivity index (χ4v) is 4.07. The summed E-state index contributed by atoms with van der Waals surface area (Å²) < 4.78 is 3.11. The second-order valence-corrected chi connectivity index (χ2v) is 7.97. The van der Waals surface area contributed by atoms with E-state index < -0.39 is 0 Å². The van der Waals surface area contributed by atoms with Crippen LogP contribution >= 0.6 is 11.6 Å². The Morgan fingerprint density at radius 3 is 2.48 bits per heavy atom. The minimum absolute atomic E-state index is 0.0401. The Balaban J connectivity index is 1.56. The van der Waals surface area contributed by atoms with Gasteiger partial charge >= 0.3 is 5.69 Å². The second kappa shape index (κ2) is 8.82. The predicted molar refractivity (Wildman–Crippen MR) is 125 cm³/mol. The number of benzene rings is 3. The molecule has 0 unspecified atom stereocenters. The molecule has 1 atom stereocenters. The van der Waals surface area contributed by atoms with Crippen LogP contribution in [0, 0.1) is 0 Å². The Labute approximate surface area is 185 Å². The summed E-state index contributed by atoms with van der Waals surface area (Å²) in [6.45, 7) is 4.34. The first kappa shape index (κ1) is 20.9. The minimum Gasteiger partial charge on any atom is -0.348 e. The molecular formula is C25H24ClN3O2. The highest BCUT2D eigenvalue weighted by Gasteiger charge is 2.16. The lowest BCUT2D eigenvalue weighted by Gasteiger charge is -2.16. The topological polar surface area (TPSA) is 56.0 Å². The van der Waals surface area contributed by atoms with E-state index in [-0.39, 0.29) is 24.2 Å². The number of nitrogens with one attached hydrogen (secondary N) is 1. The first-order valence-electron chi connectivity index (χ1n) is 10.3. The van der Waals surface area contributed by atoms with Gasteiger partial charge in [-0.05, 0) is 47.9 Å². The molecule has 0 bridgehead atoms. The van der Waals surface area contributed by atoms with Gasteiger partial charge in [-0.25, -0.2) is 4.79 Å². The maximum atomic E-state index is 12.8. The van der Waals surface area contributed by atoms with E-state index >= 15 is 0 Å². The van der Waals surface area contributed by atoms with E-state index in [4.69, 9.17) is 11.6 Å². The van der Waals surface area contributed by atoms with Gasteiger partial charge in [0, 0.05) is 17.8 Å². The van der Waals surface area contributed by atoms with Gasteiger partial charge in [-0.15, -0.1) is 0 Å². The summed E-state index contributed by atoms with van der Waals surface area (Å²) in [6, 6.07) is 21.3. The quantitative estimate of drug-likeness (QED) is 0.464. The molecule has 0 saturated carbocycles. The molecule has 4 rings (SSSR count). The summed E-state index contributed by atoms with van der Waals surface area (Å²) in [6.07, 6.45) is 1.73. The largest absolute Gasteiger partial charge is 0.348 e. The fourth-order valence-electron chi connectivity index (χ4n) is 3.95. The number of rotatable bonds is 6. The lowest BCUT2D eigenvalue weighted by atomic mass is 10.00. The van der Waals surface area contributed by atoms with E-state index in [0.717, 1.165) is 27.6 Å². The molecule has 0 radical (unpaired) electrons. The van der Waals surface area contributed by atoms with Crippen LogP contribution in [0.1, 0.15) is 25.5 Å². The van der Waals surface area contributed by atoms with Crippen LogP contribution in [0.3, 0.4) is 0 Å². The number of carbonyl (C=O) groups excluding carboxylic acids is 1. The predicted octanol–water partition coefficient (Wildman–Crippen LogP) is 5.02. The van der Waals surface area contributed by atoms with E-state index in [1.807, 2.05) is 50.2 Å². The van der Waals surface area contributed by atoms with Gasteiger partial charge in [0.1, 0.15) is 6.54 Å². The summed E-state index contributed by atoms with van der Waals surface area (Å²) in [5, 5.41) is 5.91. The van der Waals surface area contributed by atoms with Crippen LogP contribution in [0.2, 0.25) is 5.02 Å². The van der Waals surface area contributed by atoms with Crippen LogP contribution in [0.5, 0.6) is 0 Å². The average Bonchev–Trinajstić information content (AvgIpc) is 3.08. The van der Waals surface area contributed by atoms with Crippen molar-refractivity contribution < 1.29 is 4.79 Å². The van der Waals surface area contributed by atoms with E-state index in [1.54, 1.807) is 22.9 Å². The lowest BCUT2D eigenvalue weighted by molar-refractivity contribution is -0.122. The number of aromatic nitrogens is 2. The van der Waals surface area contributed by atoms with Crippen LogP contribution < -0.4 is 11.0 Å². The van der Waals surface area contributed by atoms with Crippen LogP contribution in [-0.4, -0.2) is 15.0 Å². The van der Waals surface area contributed by atoms with Crippen molar-refractivity contribution in [3.05, 3.63) is 94.0 Å². The Morgan fingerprint density at radius 2 is 1.74 bits per heavy atom. The molecule has 1 aromatic heterocycles. The van der Waals surface area contributed by atoms with E-state index in [2.05, 4.69) is 23.5 Å². The molecule has 158 valence electrons. The summed E-state index contributed by atoms with van der Waals surface area (Å²) in [5.41, 5.74) is 2.48. The van der Waals surface area contributed by atoms with Crippen molar-refractivity contribution in [2.75, 3.05) is 0 Å². The Bertz CT molecular complexity index is 1280. The Morgan fingerprint density at radius 1 is 1.03 bits per heavy atom. The molecule has 0 spiro atoms. The van der Waals surface area contributed by atoms with Crippen LogP contribution in [0.4, 0.5) is 0 Å². The first-order valence-corrected chi connectivity index (χ1v) is 10.7. The molecule has 0 saturated heterocycles. The van der Waals surface area contributed by atoms with Crippen molar-refractivity contribution in [1.82, 2.24) is 14.5 Å². The van der Waals surface area contributed by atoms with Crippen molar-refractivity contribution in [1.29, 1.82) is 0 Å². The molecule has 0 fully saturated rings. The highest BCUT2D eigenvalue weighted by atomic mass is 35.5. The Hall–Kier alpha value is -3.31. The summed E-state index contributed by atoms with van der Waals surface area (Å²) in [4.78, 5) is 25.6. The second-order valence-electron chi connectivity index (χ2n) is 7.53. The van der Waals surface area contributed by atoms with E-state index in [9.17, 15) is 9.59 Å². The molecule has 1 amide bonds. The number of hydrogen-bond acceptors (Lipinski definition) is 2. The maximum absolute atomic E-state index is 12.8. The van der Waals surface area contributed by atoms with Crippen LogP contribution in [-0.2, 0) is 17.9 Å². The summed E-state index contributed by atoms with van der Waals surface area (Å²) in [5.74, 6) is -0.210. The molecule has 1 heterocycles. The number of carbonyl (C=O) groups is 1. The summed E-state index contributed by atoms with van der Waals surface area (Å²) >= 11 is 5.99. The first-order chi connectivity index (χ1) is 15.0. The number of amides is 1. The number of fused-ring (bicyclic) bond motifs is 1. The number of hydrogen-bond donors (Lipinski definition) is 1. The van der Waals surface area contributed by atoms with Gasteiger partial charge in [0.2, 0.25) is 5.91 Å². The normalized spacial score (nSPS) is 12.1. The van der Waals surface area contributed by atoms with Crippen molar-refractivity contribution in [2.24, 2.45) is 0 Å². The standard InChI is InChI=1S/C25H24ClN3O2/c1-3-29-23(19-11-13-20(26)14-12-19)15-28(25(29)31)16-24(30)27-17(2)21-10-6-8-18-7-4-5-9-22(18)21/h4-15,17H,3,16H2,1-2H3,(H,27,30)/t17-/m0/s1. The zero-order valence-electron chi connectivity index (χ0n) is 17.5. The van der Waals surface area contributed by atoms with Gasteiger partial charge in [-0.2, -0.15) is 0 Å².